The molecular formula is C16H16IN3OS. The van der Waals surface area contributed by atoms with Crippen molar-refractivity contribution >= 4 is 51.5 Å². The zero-order chi connectivity index (χ0) is 15.9. The summed E-state index contributed by atoms with van der Waals surface area (Å²) >= 11 is 6.96. The van der Waals surface area contributed by atoms with E-state index in [1.54, 1.807) is 0 Å². The van der Waals surface area contributed by atoms with Crippen LogP contribution in [-0.4, -0.2) is 17.6 Å². The molecule has 0 unspecified atom stereocenters. The number of halogens is 1. The van der Waals surface area contributed by atoms with Crippen molar-refractivity contribution in [3.8, 4) is 0 Å². The molecule has 22 heavy (non-hydrogen) atoms. The van der Waals surface area contributed by atoms with Gasteiger partial charge in [-0.3, -0.25) is 4.79 Å². The van der Waals surface area contributed by atoms with E-state index in [2.05, 4.69) is 33.2 Å². The van der Waals surface area contributed by atoms with E-state index < -0.39 is 0 Å². The third-order valence-electron chi connectivity index (χ3n) is 3.03. The first kappa shape index (κ1) is 16.7. The third kappa shape index (κ3) is 5.27. The van der Waals surface area contributed by atoms with E-state index in [1.807, 2.05) is 48.5 Å². The molecule has 0 aliphatic heterocycles. The number of hydrogen-bond acceptors (Lipinski definition) is 2. The van der Waals surface area contributed by atoms with Gasteiger partial charge in [-0.2, -0.15) is 0 Å². The fourth-order valence-corrected chi connectivity index (χ4v) is 2.35. The van der Waals surface area contributed by atoms with E-state index in [-0.39, 0.29) is 5.91 Å². The smallest absolute Gasteiger partial charge is 0.255 e. The van der Waals surface area contributed by atoms with Crippen LogP contribution in [0.2, 0.25) is 0 Å². The maximum absolute atomic E-state index is 12.1. The predicted octanol–water partition coefficient (Wildman–Crippen LogP) is 2.92. The minimum absolute atomic E-state index is 0.112. The Hall–Kier alpha value is -1.67. The molecule has 114 valence electrons. The van der Waals surface area contributed by atoms with Crippen LogP contribution in [0, 0.1) is 3.57 Å². The summed E-state index contributed by atoms with van der Waals surface area (Å²) in [6.45, 7) is 0.698. The molecule has 0 fully saturated rings. The number of amides is 1. The second kappa shape index (κ2) is 8.09. The molecule has 0 aliphatic rings. The van der Waals surface area contributed by atoms with Crippen LogP contribution in [0.4, 0.5) is 5.69 Å². The molecule has 0 aliphatic carbocycles. The van der Waals surface area contributed by atoms with E-state index in [4.69, 9.17) is 18.0 Å². The highest BCUT2D eigenvalue weighted by Crippen LogP contribution is 2.13. The molecule has 0 aromatic heterocycles. The predicted molar refractivity (Wildman–Crippen MR) is 102 cm³/mol. The summed E-state index contributed by atoms with van der Waals surface area (Å²) in [6, 6.07) is 15.2. The maximum Gasteiger partial charge on any atom is 0.255 e. The first-order valence-corrected chi connectivity index (χ1v) is 8.22. The highest BCUT2D eigenvalue weighted by atomic mass is 127. The molecule has 0 radical (unpaired) electrons. The van der Waals surface area contributed by atoms with Gasteiger partial charge in [0.05, 0.1) is 0 Å². The Balaban J connectivity index is 1.91. The average molecular weight is 425 g/mol. The van der Waals surface area contributed by atoms with Gasteiger partial charge in [-0.15, -0.1) is 0 Å². The first-order chi connectivity index (χ1) is 10.5. The molecular weight excluding hydrogens is 409 g/mol. The van der Waals surface area contributed by atoms with Crippen molar-refractivity contribution in [3.05, 3.63) is 63.2 Å². The highest BCUT2D eigenvalue weighted by molar-refractivity contribution is 14.1. The Labute approximate surface area is 148 Å². The van der Waals surface area contributed by atoms with E-state index in [0.29, 0.717) is 17.2 Å². The standard InChI is InChI=1S/C16H16IN3OS/c17-13-5-3-12(4-6-13)15(21)20-14-7-1-11(2-8-14)9-10-19-16(18)22/h1-8H,9-10H2,(H,20,21)(H3,18,19,22). The summed E-state index contributed by atoms with van der Waals surface area (Å²) in [5, 5.41) is 6.09. The normalized spacial score (nSPS) is 10.0. The molecule has 0 spiro atoms. The van der Waals surface area contributed by atoms with Crippen LogP contribution in [0.15, 0.2) is 48.5 Å². The van der Waals surface area contributed by atoms with Crippen LogP contribution in [0.5, 0.6) is 0 Å². The van der Waals surface area contributed by atoms with Gasteiger partial charge in [0.15, 0.2) is 5.11 Å². The summed E-state index contributed by atoms with van der Waals surface area (Å²) in [4.78, 5) is 12.1. The number of thiocarbonyl (C=S) groups is 1. The Morgan fingerprint density at radius 3 is 2.32 bits per heavy atom. The summed E-state index contributed by atoms with van der Waals surface area (Å²) < 4.78 is 1.10. The lowest BCUT2D eigenvalue weighted by molar-refractivity contribution is 0.102. The number of carbonyl (C=O) groups is 1. The topological polar surface area (TPSA) is 67.2 Å². The van der Waals surface area contributed by atoms with Gasteiger partial charge in [-0.25, -0.2) is 0 Å². The molecule has 2 aromatic rings. The summed E-state index contributed by atoms with van der Waals surface area (Å²) in [6.07, 6.45) is 0.822. The summed E-state index contributed by atoms with van der Waals surface area (Å²) in [5.74, 6) is -0.112. The Morgan fingerprint density at radius 1 is 1.09 bits per heavy atom. The zero-order valence-electron chi connectivity index (χ0n) is 11.8. The molecule has 2 rings (SSSR count). The SMILES string of the molecule is NC(=S)NCCc1ccc(NC(=O)c2ccc(I)cc2)cc1. The Morgan fingerprint density at radius 2 is 1.73 bits per heavy atom. The quantitative estimate of drug-likeness (QED) is 0.509. The van der Waals surface area contributed by atoms with Gasteiger partial charge in [0.1, 0.15) is 0 Å². The second-order valence-corrected chi connectivity index (χ2v) is 6.38. The zero-order valence-corrected chi connectivity index (χ0v) is 14.8. The monoisotopic (exact) mass is 425 g/mol. The molecule has 0 atom stereocenters. The molecule has 0 heterocycles. The number of benzene rings is 2. The summed E-state index contributed by atoms with van der Waals surface area (Å²) in [7, 11) is 0. The van der Waals surface area contributed by atoms with Crippen molar-refractivity contribution < 1.29 is 4.79 Å². The van der Waals surface area contributed by atoms with Crippen LogP contribution in [0.3, 0.4) is 0 Å². The van der Waals surface area contributed by atoms with E-state index >= 15 is 0 Å². The van der Waals surface area contributed by atoms with Crippen LogP contribution in [0.1, 0.15) is 15.9 Å². The van der Waals surface area contributed by atoms with Crippen LogP contribution in [-0.2, 0) is 6.42 Å². The molecule has 4 N–H and O–H groups in total. The van der Waals surface area contributed by atoms with E-state index in [9.17, 15) is 4.79 Å². The Kier molecular flexibility index (Phi) is 6.14. The van der Waals surface area contributed by atoms with E-state index in [1.165, 1.54) is 0 Å². The van der Waals surface area contributed by atoms with E-state index in [0.717, 1.165) is 21.2 Å². The third-order valence-corrected chi connectivity index (χ3v) is 3.89. The van der Waals surface area contributed by atoms with Gasteiger partial charge in [-0.1, -0.05) is 12.1 Å². The lowest BCUT2D eigenvalue weighted by Crippen LogP contribution is -2.30. The lowest BCUT2D eigenvalue weighted by Gasteiger charge is -2.07. The van der Waals surface area contributed by atoms with Gasteiger partial charge in [-0.05, 0) is 83.2 Å². The molecule has 2 aromatic carbocycles. The average Bonchev–Trinajstić information content (AvgIpc) is 2.49. The Bertz CT molecular complexity index is 656. The molecule has 0 bridgehead atoms. The van der Waals surface area contributed by atoms with Gasteiger partial charge in [0.25, 0.3) is 5.91 Å². The van der Waals surface area contributed by atoms with Crippen LogP contribution in [0.25, 0.3) is 0 Å². The van der Waals surface area contributed by atoms with Crippen molar-refractivity contribution in [1.82, 2.24) is 5.32 Å². The largest absolute Gasteiger partial charge is 0.376 e. The van der Waals surface area contributed by atoms with Crippen LogP contribution < -0.4 is 16.4 Å². The lowest BCUT2D eigenvalue weighted by atomic mass is 10.1. The molecule has 0 saturated carbocycles. The van der Waals surface area contributed by atoms with Crippen molar-refractivity contribution in [1.29, 1.82) is 0 Å². The van der Waals surface area contributed by atoms with Crippen molar-refractivity contribution in [2.75, 3.05) is 11.9 Å². The first-order valence-electron chi connectivity index (χ1n) is 6.74. The number of nitrogens with two attached hydrogens (primary N) is 1. The van der Waals surface area contributed by atoms with Gasteiger partial charge in [0.2, 0.25) is 0 Å². The second-order valence-electron chi connectivity index (χ2n) is 4.70. The number of nitrogens with one attached hydrogen (secondary N) is 2. The van der Waals surface area contributed by atoms with Gasteiger partial charge < -0.3 is 16.4 Å². The molecule has 0 saturated heterocycles. The minimum atomic E-state index is -0.112. The minimum Gasteiger partial charge on any atom is -0.376 e. The molecule has 6 heteroatoms. The number of rotatable bonds is 5. The number of anilines is 1. The maximum atomic E-state index is 12.1. The van der Waals surface area contributed by atoms with Crippen molar-refractivity contribution in [2.24, 2.45) is 5.73 Å². The van der Waals surface area contributed by atoms with Crippen LogP contribution >= 0.6 is 34.8 Å². The highest BCUT2D eigenvalue weighted by Gasteiger charge is 2.05. The number of carbonyl (C=O) groups excluding carboxylic acids is 1. The fraction of sp³-hybridized carbons (Fsp3) is 0.125. The molecule has 1 amide bonds. The van der Waals surface area contributed by atoms with Crippen molar-refractivity contribution in [2.45, 2.75) is 6.42 Å². The van der Waals surface area contributed by atoms with Crippen molar-refractivity contribution in [3.63, 3.8) is 0 Å². The van der Waals surface area contributed by atoms with Gasteiger partial charge in [0, 0.05) is 21.4 Å². The fourth-order valence-electron chi connectivity index (χ4n) is 1.89. The molecule has 4 nitrogen and oxygen atoms in total. The summed E-state index contributed by atoms with van der Waals surface area (Å²) in [5.41, 5.74) is 7.94. The van der Waals surface area contributed by atoms with Gasteiger partial charge >= 0.3 is 0 Å². The number of hydrogen-bond donors (Lipinski definition) is 3.